The Morgan fingerprint density at radius 3 is 2.48 bits per heavy atom. The van der Waals surface area contributed by atoms with E-state index in [0.717, 1.165) is 11.6 Å². The number of hydrogen-bond acceptors (Lipinski definition) is 5. The summed E-state index contributed by atoms with van der Waals surface area (Å²) in [5.74, 6) is 0.366. The average Bonchev–Trinajstić information content (AvgIpc) is 2.52. The van der Waals surface area contributed by atoms with Gasteiger partial charge in [-0.1, -0.05) is 23.7 Å². The van der Waals surface area contributed by atoms with Gasteiger partial charge in [0.05, 0.1) is 18.6 Å². The molecule has 2 aromatic carbocycles. The summed E-state index contributed by atoms with van der Waals surface area (Å²) in [4.78, 5) is -0.346. The predicted octanol–water partition coefficient (Wildman–Crippen LogP) is 1.98. The monoisotopic (exact) mass is 404 g/mol. The van der Waals surface area contributed by atoms with Gasteiger partial charge in [-0.15, -0.1) is 0 Å². The minimum atomic E-state index is -4.10. The van der Waals surface area contributed by atoms with Crippen LogP contribution in [0.3, 0.4) is 0 Å². The van der Waals surface area contributed by atoms with Crippen molar-refractivity contribution < 1.29 is 21.6 Å². The van der Waals surface area contributed by atoms with Crippen LogP contribution in [0.15, 0.2) is 47.4 Å². The van der Waals surface area contributed by atoms with Gasteiger partial charge in [0.15, 0.2) is 0 Å². The van der Waals surface area contributed by atoms with E-state index < -0.39 is 20.0 Å². The number of methoxy groups -OCH3 is 1. The summed E-state index contributed by atoms with van der Waals surface area (Å²) in [6, 6.07) is 10.7. The molecule has 0 fully saturated rings. The van der Waals surface area contributed by atoms with Crippen molar-refractivity contribution in [2.24, 2.45) is 5.14 Å². The third-order valence-electron chi connectivity index (χ3n) is 3.31. The lowest BCUT2D eigenvalue weighted by molar-refractivity contribution is 0.414. The quantitative estimate of drug-likeness (QED) is 0.732. The molecule has 0 aliphatic heterocycles. The van der Waals surface area contributed by atoms with Crippen LogP contribution in [-0.4, -0.2) is 29.7 Å². The van der Waals surface area contributed by atoms with E-state index in [-0.39, 0.29) is 27.8 Å². The maximum Gasteiger partial charge on any atom is 0.240 e. The molecule has 2 aromatic rings. The average molecular weight is 405 g/mol. The first kappa shape index (κ1) is 19.5. The summed E-state index contributed by atoms with van der Waals surface area (Å²) in [6.45, 7) is 0. The number of halogens is 1. The lowest BCUT2D eigenvalue weighted by Crippen LogP contribution is -2.21. The fraction of sp³-hybridized carbons (Fsp3) is 0.200. The third kappa shape index (κ3) is 5.60. The molecule has 3 N–H and O–H groups in total. The second kappa shape index (κ2) is 7.61. The first-order valence-electron chi connectivity index (χ1n) is 7.06. The molecule has 0 radical (unpaired) electrons. The van der Waals surface area contributed by atoms with E-state index in [4.69, 9.17) is 21.5 Å². The van der Waals surface area contributed by atoms with Crippen molar-refractivity contribution in [2.75, 3.05) is 17.6 Å². The van der Waals surface area contributed by atoms with E-state index in [2.05, 4.69) is 4.72 Å². The molecule has 0 aliphatic carbocycles. The highest BCUT2D eigenvalue weighted by molar-refractivity contribution is 7.93. The number of hydrogen-bond donors (Lipinski definition) is 2. The maximum atomic E-state index is 12.3. The van der Waals surface area contributed by atoms with Gasteiger partial charge in [0.25, 0.3) is 0 Å². The van der Waals surface area contributed by atoms with Crippen molar-refractivity contribution >= 4 is 37.3 Å². The summed E-state index contributed by atoms with van der Waals surface area (Å²) in [7, 11) is -6.40. The zero-order chi connectivity index (χ0) is 18.7. The molecule has 25 heavy (non-hydrogen) atoms. The predicted molar refractivity (Wildman–Crippen MR) is 96.9 cm³/mol. The van der Waals surface area contributed by atoms with Gasteiger partial charge in [0, 0.05) is 5.02 Å². The van der Waals surface area contributed by atoms with Crippen molar-refractivity contribution in [1.29, 1.82) is 0 Å². The second-order valence-corrected chi connectivity index (χ2v) is 9.02. The fourth-order valence-electron chi connectivity index (χ4n) is 2.13. The fourth-order valence-corrected chi connectivity index (χ4v) is 4.15. The van der Waals surface area contributed by atoms with Gasteiger partial charge in [-0.2, -0.15) is 0 Å². The highest BCUT2D eigenvalue weighted by Gasteiger charge is 2.19. The number of rotatable bonds is 7. The summed E-state index contributed by atoms with van der Waals surface area (Å²) >= 11 is 5.82. The van der Waals surface area contributed by atoms with Gasteiger partial charge in [-0.25, -0.2) is 22.0 Å². The zero-order valence-electron chi connectivity index (χ0n) is 13.3. The lowest BCUT2D eigenvalue weighted by Gasteiger charge is -2.12. The first-order valence-corrected chi connectivity index (χ1v) is 10.6. The molecular weight excluding hydrogens is 388 g/mol. The van der Waals surface area contributed by atoms with Crippen molar-refractivity contribution in [3.8, 4) is 5.75 Å². The molecule has 0 saturated carbocycles. The van der Waals surface area contributed by atoms with E-state index in [1.54, 1.807) is 24.3 Å². The van der Waals surface area contributed by atoms with E-state index in [9.17, 15) is 16.8 Å². The second-order valence-electron chi connectivity index (χ2n) is 5.21. The molecule has 0 atom stereocenters. The molecule has 0 aromatic heterocycles. The van der Waals surface area contributed by atoms with Gasteiger partial charge < -0.3 is 4.74 Å². The Morgan fingerprint density at radius 1 is 1.12 bits per heavy atom. The Balaban J connectivity index is 2.20. The maximum absolute atomic E-state index is 12.3. The number of anilines is 1. The smallest absolute Gasteiger partial charge is 0.240 e. The minimum absolute atomic E-state index is 0.179. The number of nitrogens with two attached hydrogens (primary N) is 1. The Kier molecular flexibility index (Phi) is 5.94. The molecule has 0 unspecified atom stereocenters. The molecule has 0 aliphatic rings. The molecule has 0 heterocycles. The van der Waals surface area contributed by atoms with Crippen LogP contribution in [0.4, 0.5) is 5.69 Å². The van der Waals surface area contributed by atoms with Gasteiger partial charge in [0.2, 0.25) is 20.0 Å². The Morgan fingerprint density at radius 2 is 1.84 bits per heavy atom. The van der Waals surface area contributed by atoms with E-state index >= 15 is 0 Å². The van der Waals surface area contributed by atoms with Crippen LogP contribution in [0.25, 0.3) is 0 Å². The molecule has 0 bridgehead atoms. The topological polar surface area (TPSA) is 116 Å². The number of aryl methyl sites for hydroxylation is 1. The van der Waals surface area contributed by atoms with E-state index in [1.165, 1.54) is 19.2 Å². The molecule has 136 valence electrons. The molecule has 0 spiro atoms. The highest BCUT2D eigenvalue weighted by atomic mass is 35.5. The molecular formula is C15H17ClN2O5S2. The number of ether oxygens (including phenoxy) is 1. The molecule has 2 rings (SSSR count). The summed E-state index contributed by atoms with van der Waals surface area (Å²) < 4.78 is 55.1. The van der Waals surface area contributed by atoms with Crippen LogP contribution in [0, 0.1) is 0 Å². The Bertz CT molecular complexity index is 975. The SMILES string of the molecule is COc1cccc(CCS(=O)(=O)Nc2cc(Cl)ccc2S(N)(=O)=O)c1. The van der Waals surface area contributed by atoms with Gasteiger partial charge in [-0.05, 0) is 42.3 Å². The molecule has 0 saturated heterocycles. The standard InChI is InChI=1S/C15H17ClN2O5S2/c1-23-13-4-2-3-11(9-13)7-8-24(19,20)18-14-10-12(16)5-6-15(14)25(17,21)22/h2-6,9-10,18H,7-8H2,1H3,(H2,17,21,22). The van der Waals surface area contributed by atoms with Crippen molar-refractivity contribution in [3.63, 3.8) is 0 Å². The molecule has 0 amide bonds. The Labute approximate surface area is 151 Å². The van der Waals surface area contributed by atoms with Gasteiger partial charge in [0.1, 0.15) is 10.6 Å². The van der Waals surface area contributed by atoms with Crippen LogP contribution in [0.5, 0.6) is 5.75 Å². The van der Waals surface area contributed by atoms with Crippen LogP contribution in [-0.2, 0) is 26.5 Å². The molecule has 10 heteroatoms. The lowest BCUT2D eigenvalue weighted by atomic mass is 10.2. The van der Waals surface area contributed by atoms with Gasteiger partial charge >= 0.3 is 0 Å². The number of primary sulfonamides is 1. The first-order chi connectivity index (χ1) is 11.6. The number of sulfonamides is 2. The summed E-state index contributed by atoms with van der Waals surface area (Å²) in [5.41, 5.74) is 0.586. The van der Waals surface area contributed by atoms with Crippen LogP contribution < -0.4 is 14.6 Å². The normalized spacial score (nSPS) is 12.0. The van der Waals surface area contributed by atoms with Gasteiger partial charge in [-0.3, -0.25) is 4.72 Å². The number of benzene rings is 2. The van der Waals surface area contributed by atoms with Crippen LogP contribution in [0.1, 0.15) is 5.56 Å². The minimum Gasteiger partial charge on any atom is -0.497 e. The highest BCUT2D eigenvalue weighted by Crippen LogP contribution is 2.25. The van der Waals surface area contributed by atoms with Crippen molar-refractivity contribution in [1.82, 2.24) is 0 Å². The third-order valence-corrected chi connectivity index (χ3v) is 5.78. The zero-order valence-corrected chi connectivity index (χ0v) is 15.7. The number of nitrogens with one attached hydrogen (secondary N) is 1. The van der Waals surface area contributed by atoms with Crippen LogP contribution >= 0.6 is 11.6 Å². The Hall–Kier alpha value is -1.81. The van der Waals surface area contributed by atoms with Crippen LogP contribution in [0.2, 0.25) is 5.02 Å². The largest absolute Gasteiger partial charge is 0.497 e. The molecule has 7 nitrogen and oxygen atoms in total. The summed E-state index contributed by atoms with van der Waals surface area (Å²) in [6.07, 6.45) is 0.220. The van der Waals surface area contributed by atoms with E-state index in [1.807, 2.05) is 0 Å². The van der Waals surface area contributed by atoms with Crippen molar-refractivity contribution in [3.05, 3.63) is 53.1 Å². The van der Waals surface area contributed by atoms with E-state index in [0.29, 0.717) is 5.75 Å². The summed E-state index contributed by atoms with van der Waals surface area (Å²) in [5, 5.41) is 5.28. The van der Waals surface area contributed by atoms with Crippen molar-refractivity contribution in [2.45, 2.75) is 11.3 Å².